The highest BCUT2D eigenvalue weighted by atomic mass is 16.6. The number of carbonyl (C=O) groups excluding carboxylic acids is 3. The molecule has 0 aliphatic heterocycles. The zero-order chi connectivity index (χ0) is 17.4. The second-order valence-electron chi connectivity index (χ2n) is 5.28. The van der Waals surface area contributed by atoms with Gasteiger partial charge in [0.2, 0.25) is 0 Å². The molecule has 1 N–H and O–H groups in total. The molecule has 0 bridgehead atoms. The van der Waals surface area contributed by atoms with Gasteiger partial charge in [0, 0.05) is 24.4 Å². The molecule has 0 radical (unpaired) electrons. The van der Waals surface area contributed by atoms with Gasteiger partial charge in [0.15, 0.2) is 17.3 Å². The van der Waals surface area contributed by atoms with Gasteiger partial charge in [-0.2, -0.15) is 0 Å². The van der Waals surface area contributed by atoms with Crippen LogP contribution >= 0.6 is 0 Å². The average molecular weight is 321 g/mol. The fourth-order valence-corrected chi connectivity index (χ4v) is 1.63. The van der Waals surface area contributed by atoms with E-state index in [1.165, 1.54) is 12.1 Å². The lowest BCUT2D eigenvalue weighted by Gasteiger charge is -2.12. The summed E-state index contributed by atoms with van der Waals surface area (Å²) in [5.74, 6) is -0.843. The molecule has 1 rings (SSSR count). The largest absolute Gasteiger partial charge is 0.423 e. The van der Waals surface area contributed by atoms with Crippen LogP contribution in [0.5, 0.6) is 11.5 Å². The van der Waals surface area contributed by atoms with Crippen LogP contribution in [0.25, 0.3) is 0 Å². The number of carbonyl (C=O) groups is 3. The van der Waals surface area contributed by atoms with Crippen LogP contribution in [0.2, 0.25) is 0 Å². The summed E-state index contributed by atoms with van der Waals surface area (Å²) in [5, 5.41) is 3.03. The molecule has 0 spiro atoms. The maximum atomic E-state index is 12.1. The molecule has 126 valence electrons. The number of ketones is 1. The smallest absolute Gasteiger partial charge is 0.311 e. The molecule has 0 amide bonds. The van der Waals surface area contributed by atoms with Crippen LogP contribution in [-0.4, -0.2) is 30.3 Å². The lowest BCUT2D eigenvalue weighted by molar-refractivity contribution is -0.136. The first kappa shape index (κ1) is 18.8. The van der Waals surface area contributed by atoms with Crippen molar-refractivity contribution in [3.63, 3.8) is 0 Å². The summed E-state index contributed by atoms with van der Waals surface area (Å²) in [4.78, 5) is 35.1. The molecule has 0 fully saturated rings. The van der Waals surface area contributed by atoms with Crippen molar-refractivity contribution < 1.29 is 23.9 Å². The van der Waals surface area contributed by atoms with Crippen molar-refractivity contribution in [2.24, 2.45) is 0 Å². The summed E-state index contributed by atoms with van der Waals surface area (Å²) < 4.78 is 10.3. The number of benzene rings is 1. The van der Waals surface area contributed by atoms with Crippen molar-refractivity contribution in [1.29, 1.82) is 0 Å². The Morgan fingerprint density at radius 2 is 1.57 bits per heavy atom. The van der Waals surface area contributed by atoms with E-state index in [1.54, 1.807) is 19.9 Å². The third-order valence-corrected chi connectivity index (χ3v) is 2.96. The van der Waals surface area contributed by atoms with E-state index in [4.69, 9.17) is 9.47 Å². The summed E-state index contributed by atoms with van der Waals surface area (Å²) >= 11 is 0. The Morgan fingerprint density at radius 3 is 2.09 bits per heavy atom. The van der Waals surface area contributed by atoms with Crippen molar-refractivity contribution in [3.05, 3.63) is 23.8 Å². The summed E-state index contributed by atoms with van der Waals surface area (Å²) in [6.45, 7) is 7.37. The summed E-state index contributed by atoms with van der Waals surface area (Å²) in [6.07, 6.45) is 0.369. The van der Waals surface area contributed by atoms with Gasteiger partial charge in [0.05, 0.1) is 6.54 Å². The third-order valence-electron chi connectivity index (χ3n) is 2.96. The second-order valence-corrected chi connectivity index (χ2v) is 5.28. The van der Waals surface area contributed by atoms with E-state index in [1.807, 2.05) is 13.8 Å². The topological polar surface area (TPSA) is 81.7 Å². The first-order valence-corrected chi connectivity index (χ1v) is 7.69. The Kier molecular flexibility index (Phi) is 7.41. The van der Waals surface area contributed by atoms with Crippen molar-refractivity contribution in [3.8, 4) is 11.5 Å². The van der Waals surface area contributed by atoms with Gasteiger partial charge in [-0.1, -0.05) is 27.7 Å². The van der Waals surface area contributed by atoms with Crippen LogP contribution < -0.4 is 14.8 Å². The quantitative estimate of drug-likeness (QED) is 0.450. The molecule has 23 heavy (non-hydrogen) atoms. The normalized spacial score (nSPS) is 10.5. The highest BCUT2D eigenvalue weighted by molar-refractivity contribution is 5.98. The molecule has 0 aromatic heterocycles. The Bertz CT molecular complexity index is 580. The van der Waals surface area contributed by atoms with Gasteiger partial charge in [-0.15, -0.1) is 0 Å². The average Bonchev–Trinajstić information content (AvgIpc) is 2.53. The summed E-state index contributed by atoms with van der Waals surface area (Å²) in [7, 11) is 0. The molecule has 0 atom stereocenters. The summed E-state index contributed by atoms with van der Waals surface area (Å²) in [6, 6.07) is 4.62. The van der Waals surface area contributed by atoms with Crippen LogP contribution in [0.1, 0.15) is 50.9 Å². The highest BCUT2D eigenvalue weighted by Gasteiger charge is 2.16. The molecule has 0 aliphatic carbocycles. The maximum Gasteiger partial charge on any atom is 0.311 e. The van der Waals surface area contributed by atoms with Gasteiger partial charge in [-0.25, -0.2) is 0 Å². The SMILES string of the molecule is CCC(=O)Oc1ccc(C(=O)CNC(C)C)cc1OC(=O)CC. The van der Waals surface area contributed by atoms with E-state index < -0.39 is 11.9 Å². The lowest BCUT2D eigenvalue weighted by Crippen LogP contribution is -2.29. The van der Waals surface area contributed by atoms with E-state index in [9.17, 15) is 14.4 Å². The molecule has 6 nitrogen and oxygen atoms in total. The van der Waals surface area contributed by atoms with E-state index in [0.717, 1.165) is 0 Å². The monoisotopic (exact) mass is 321 g/mol. The zero-order valence-electron chi connectivity index (χ0n) is 14.0. The minimum Gasteiger partial charge on any atom is -0.423 e. The number of Topliss-reactive ketones (excluding diaryl/α,β-unsaturated/α-hetero) is 1. The van der Waals surface area contributed by atoms with E-state index in [2.05, 4.69) is 5.32 Å². The Hall–Kier alpha value is -2.21. The van der Waals surface area contributed by atoms with Crippen molar-refractivity contribution in [2.45, 2.75) is 46.6 Å². The summed E-state index contributed by atoms with van der Waals surface area (Å²) in [5.41, 5.74) is 0.383. The first-order chi connectivity index (χ1) is 10.9. The Labute approximate surface area is 136 Å². The van der Waals surface area contributed by atoms with Crippen LogP contribution in [0.15, 0.2) is 18.2 Å². The number of rotatable bonds is 8. The van der Waals surface area contributed by atoms with E-state index in [0.29, 0.717) is 5.56 Å². The van der Waals surface area contributed by atoms with Crippen LogP contribution in [0.3, 0.4) is 0 Å². The van der Waals surface area contributed by atoms with Crippen molar-refractivity contribution in [1.82, 2.24) is 5.32 Å². The van der Waals surface area contributed by atoms with Crippen LogP contribution in [0, 0.1) is 0 Å². The maximum absolute atomic E-state index is 12.1. The number of hydrogen-bond donors (Lipinski definition) is 1. The highest BCUT2D eigenvalue weighted by Crippen LogP contribution is 2.29. The zero-order valence-corrected chi connectivity index (χ0v) is 14.0. The van der Waals surface area contributed by atoms with Crippen molar-refractivity contribution in [2.75, 3.05) is 6.54 Å². The molecular formula is C17H23NO5. The molecule has 0 unspecified atom stereocenters. The Morgan fingerprint density at radius 1 is 1.00 bits per heavy atom. The minimum absolute atomic E-state index is 0.0778. The van der Waals surface area contributed by atoms with Gasteiger partial charge in [0.1, 0.15) is 0 Å². The standard InChI is InChI=1S/C17H23NO5/c1-5-16(20)22-14-8-7-12(13(19)10-18-11(3)4)9-15(14)23-17(21)6-2/h7-9,11,18H,5-6,10H2,1-4H3. The minimum atomic E-state index is -0.469. The van der Waals surface area contributed by atoms with Gasteiger partial charge in [0.25, 0.3) is 0 Å². The number of hydrogen-bond acceptors (Lipinski definition) is 6. The van der Waals surface area contributed by atoms with Crippen molar-refractivity contribution >= 4 is 17.7 Å². The van der Waals surface area contributed by atoms with E-state index >= 15 is 0 Å². The lowest BCUT2D eigenvalue weighted by atomic mass is 10.1. The van der Waals surface area contributed by atoms with Crippen LogP contribution in [-0.2, 0) is 9.59 Å². The molecule has 1 aromatic rings. The predicted octanol–water partition coefficient (Wildman–Crippen LogP) is 2.50. The number of esters is 2. The molecule has 0 heterocycles. The molecule has 6 heteroatoms. The predicted molar refractivity (Wildman–Crippen MR) is 85.8 cm³/mol. The van der Waals surface area contributed by atoms with Gasteiger partial charge in [-0.3, -0.25) is 14.4 Å². The van der Waals surface area contributed by atoms with E-state index in [-0.39, 0.29) is 42.7 Å². The first-order valence-electron chi connectivity index (χ1n) is 7.69. The van der Waals surface area contributed by atoms with Crippen LogP contribution in [0.4, 0.5) is 0 Å². The Balaban J connectivity index is 3.02. The second kappa shape index (κ2) is 9.05. The molecule has 0 aliphatic rings. The fraction of sp³-hybridized carbons (Fsp3) is 0.471. The number of nitrogens with one attached hydrogen (secondary N) is 1. The molecule has 0 saturated carbocycles. The van der Waals surface area contributed by atoms with Gasteiger partial charge in [-0.05, 0) is 18.2 Å². The third kappa shape index (κ3) is 6.20. The molecule has 0 saturated heterocycles. The fourth-order valence-electron chi connectivity index (χ4n) is 1.63. The number of ether oxygens (including phenoxy) is 2. The molecule has 1 aromatic carbocycles. The van der Waals surface area contributed by atoms with Gasteiger partial charge < -0.3 is 14.8 Å². The molecular weight excluding hydrogens is 298 g/mol. The van der Waals surface area contributed by atoms with Gasteiger partial charge >= 0.3 is 11.9 Å².